The Bertz CT molecular complexity index is 365. The lowest BCUT2D eigenvalue weighted by Crippen LogP contribution is -2.31. The summed E-state index contributed by atoms with van der Waals surface area (Å²) in [4.78, 5) is 2.16. The molecule has 0 fully saturated rings. The molecule has 1 nitrogen and oxygen atoms in total. The van der Waals surface area contributed by atoms with Gasteiger partial charge < -0.3 is 4.90 Å². The zero-order valence-corrected chi connectivity index (χ0v) is 14.3. The topological polar surface area (TPSA) is 3.24 Å². The Morgan fingerprint density at radius 3 is 1.44 bits per heavy atom. The third-order valence-electron chi connectivity index (χ3n) is 3.17. The summed E-state index contributed by atoms with van der Waals surface area (Å²) in [7, 11) is 3.57. The van der Waals surface area contributed by atoms with E-state index in [1.54, 1.807) is 5.30 Å². The first kappa shape index (κ1) is 15.5. The maximum absolute atomic E-state index is 2.38. The van der Waals surface area contributed by atoms with Crippen LogP contribution < -0.4 is 10.2 Å². The van der Waals surface area contributed by atoms with Gasteiger partial charge in [-0.2, -0.15) is 0 Å². The number of anilines is 1. The van der Waals surface area contributed by atoms with Crippen LogP contribution in [-0.4, -0.2) is 24.4 Å². The van der Waals surface area contributed by atoms with E-state index >= 15 is 0 Å². The number of hydrogen-bond acceptors (Lipinski definition) is 1. The Labute approximate surface area is 114 Å². The quantitative estimate of drug-likeness (QED) is 0.726. The summed E-state index contributed by atoms with van der Waals surface area (Å²) < 4.78 is 0. The van der Waals surface area contributed by atoms with Crippen LogP contribution in [0.5, 0.6) is 0 Å². The second-order valence-electron chi connectivity index (χ2n) is 7.32. The van der Waals surface area contributed by atoms with E-state index in [4.69, 9.17) is 0 Å². The maximum atomic E-state index is 2.38. The predicted molar refractivity (Wildman–Crippen MR) is 88.2 cm³/mol. The molecule has 0 unspecified atom stereocenters. The molecular weight excluding hydrogens is 237 g/mol. The van der Waals surface area contributed by atoms with E-state index in [0.29, 0.717) is 10.3 Å². The maximum Gasteiger partial charge on any atom is 0.0927 e. The van der Waals surface area contributed by atoms with Crippen molar-refractivity contribution < 1.29 is 0 Å². The van der Waals surface area contributed by atoms with Crippen molar-refractivity contribution in [2.75, 3.05) is 19.0 Å². The summed E-state index contributed by atoms with van der Waals surface area (Å²) in [6.45, 7) is 14.3. The molecule has 1 aromatic rings. The molecule has 0 aliphatic carbocycles. The summed E-state index contributed by atoms with van der Waals surface area (Å²) in [5.74, 6) is 0. The molecule has 0 aliphatic heterocycles. The minimum absolute atomic E-state index is 0.378. The molecule has 0 radical (unpaired) electrons. The third-order valence-corrected chi connectivity index (χ3v) is 7.08. The Morgan fingerprint density at radius 1 is 0.778 bits per heavy atom. The zero-order valence-electron chi connectivity index (χ0n) is 13.3. The zero-order chi connectivity index (χ0) is 14.1. The third kappa shape index (κ3) is 3.72. The average molecular weight is 266 g/mol. The molecule has 0 aliphatic rings. The van der Waals surface area contributed by atoms with Crippen LogP contribution in [0.1, 0.15) is 41.5 Å². The Morgan fingerprint density at radius 2 is 1.17 bits per heavy atom. The van der Waals surface area contributed by atoms with Crippen molar-refractivity contribution in [2.24, 2.45) is 0 Å². The van der Waals surface area contributed by atoms with Crippen LogP contribution in [0.2, 0.25) is 0 Å². The normalized spacial score (nSPS) is 12.9. The van der Waals surface area contributed by atoms with Crippen molar-refractivity contribution in [2.45, 2.75) is 51.9 Å². The molecule has 0 aromatic heterocycles. The molecule has 102 valence electrons. The van der Waals surface area contributed by atoms with Crippen LogP contribution in [0, 0.1) is 0 Å². The van der Waals surface area contributed by atoms with Crippen molar-refractivity contribution >= 4 is 18.9 Å². The molecule has 1 rings (SSSR count). The van der Waals surface area contributed by atoms with Gasteiger partial charge in [-0.3, -0.25) is 0 Å². The van der Waals surface area contributed by atoms with E-state index in [0.717, 1.165) is 0 Å². The lowest BCUT2D eigenvalue weighted by molar-refractivity contribution is 0.715. The van der Waals surface area contributed by atoms with Gasteiger partial charge in [0.15, 0.2) is 0 Å². The number of hydrogen-bond donors (Lipinski definition) is 0. The highest BCUT2D eigenvalue weighted by Gasteiger charge is 2.43. The fourth-order valence-corrected chi connectivity index (χ4v) is 7.40. The molecule has 0 heterocycles. The van der Waals surface area contributed by atoms with E-state index in [1.807, 2.05) is 0 Å². The van der Waals surface area contributed by atoms with Crippen LogP contribution in [0.15, 0.2) is 24.3 Å². The average Bonchev–Trinajstić information content (AvgIpc) is 2.13. The van der Waals surface area contributed by atoms with E-state index in [2.05, 4.69) is 84.8 Å². The van der Waals surface area contributed by atoms with Crippen LogP contribution in [0.25, 0.3) is 0 Å². The first-order valence-corrected chi connectivity index (χ1v) is 8.19. The molecular formula is C16H29NP+. The summed E-state index contributed by atoms with van der Waals surface area (Å²) in [6.07, 6.45) is 0. The summed E-state index contributed by atoms with van der Waals surface area (Å²) in [5, 5.41) is 2.30. The Kier molecular flexibility index (Phi) is 4.49. The van der Waals surface area contributed by atoms with Crippen molar-refractivity contribution in [1.29, 1.82) is 0 Å². The monoisotopic (exact) mass is 266 g/mol. The molecule has 1 aromatic carbocycles. The van der Waals surface area contributed by atoms with Crippen LogP contribution in [0.3, 0.4) is 0 Å². The van der Waals surface area contributed by atoms with Gasteiger partial charge in [0.05, 0.1) is 15.6 Å². The van der Waals surface area contributed by atoms with Crippen molar-refractivity contribution in [3.05, 3.63) is 24.3 Å². The van der Waals surface area contributed by atoms with Gasteiger partial charge in [0.25, 0.3) is 0 Å². The largest absolute Gasteiger partial charge is 0.378 e. The van der Waals surface area contributed by atoms with Gasteiger partial charge in [-0.1, -0.05) is 0 Å². The van der Waals surface area contributed by atoms with E-state index < -0.39 is 7.92 Å². The summed E-state index contributed by atoms with van der Waals surface area (Å²) in [6, 6.07) is 9.16. The van der Waals surface area contributed by atoms with Crippen LogP contribution >= 0.6 is 7.92 Å². The molecule has 18 heavy (non-hydrogen) atoms. The van der Waals surface area contributed by atoms with E-state index in [1.165, 1.54) is 5.69 Å². The van der Waals surface area contributed by atoms with Gasteiger partial charge in [0, 0.05) is 27.7 Å². The lowest BCUT2D eigenvalue weighted by Gasteiger charge is -2.34. The highest BCUT2D eigenvalue weighted by Crippen LogP contribution is 2.58. The Hall–Kier alpha value is -0.550. The first-order valence-electron chi connectivity index (χ1n) is 6.69. The molecule has 0 spiro atoms. The standard InChI is InChI=1S/C16H28NP/c1-15(2,3)18(16(4,5)6)14-11-9-13(10-12-14)17(7)8/h9-12H,1-8H3/p+1. The fraction of sp³-hybridized carbons (Fsp3) is 0.625. The SMILES string of the molecule is CN(C)c1ccc([PH+](C(C)(C)C)C(C)(C)C)cc1. The first-order chi connectivity index (χ1) is 8.03. The molecule has 0 bridgehead atoms. The minimum Gasteiger partial charge on any atom is -0.378 e. The van der Waals surface area contributed by atoms with Gasteiger partial charge in [-0.05, 0) is 65.8 Å². The van der Waals surface area contributed by atoms with Crippen molar-refractivity contribution in [3.8, 4) is 0 Å². The molecule has 0 amide bonds. The van der Waals surface area contributed by atoms with E-state index in [-0.39, 0.29) is 0 Å². The molecule has 0 saturated carbocycles. The van der Waals surface area contributed by atoms with Gasteiger partial charge in [0.1, 0.15) is 0 Å². The summed E-state index contributed by atoms with van der Waals surface area (Å²) in [5.41, 5.74) is 1.28. The van der Waals surface area contributed by atoms with Crippen LogP contribution in [0.4, 0.5) is 5.69 Å². The smallest absolute Gasteiger partial charge is 0.0927 e. The molecule has 0 atom stereocenters. The van der Waals surface area contributed by atoms with Gasteiger partial charge in [0.2, 0.25) is 0 Å². The number of rotatable bonds is 2. The highest BCUT2D eigenvalue weighted by molar-refractivity contribution is 7.68. The fourth-order valence-electron chi connectivity index (χ4n) is 2.92. The molecule has 0 N–H and O–H groups in total. The minimum atomic E-state index is -0.614. The summed E-state index contributed by atoms with van der Waals surface area (Å²) >= 11 is 0. The van der Waals surface area contributed by atoms with Gasteiger partial charge in [-0.15, -0.1) is 0 Å². The molecule has 2 heteroatoms. The second kappa shape index (κ2) is 5.21. The van der Waals surface area contributed by atoms with E-state index in [9.17, 15) is 0 Å². The molecule has 0 saturated heterocycles. The van der Waals surface area contributed by atoms with Crippen LogP contribution in [-0.2, 0) is 0 Å². The predicted octanol–water partition coefficient (Wildman–Crippen LogP) is 4.19. The number of nitrogens with zero attached hydrogens (tertiary/aromatic N) is 1. The van der Waals surface area contributed by atoms with Gasteiger partial charge in [-0.25, -0.2) is 0 Å². The number of benzene rings is 1. The highest BCUT2D eigenvalue weighted by atomic mass is 31.1. The van der Waals surface area contributed by atoms with Crippen molar-refractivity contribution in [3.63, 3.8) is 0 Å². The van der Waals surface area contributed by atoms with Crippen molar-refractivity contribution in [1.82, 2.24) is 0 Å². The second-order valence-corrected chi connectivity index (χ2v) is 11.6. The Balaban J connectivity index is 3.16. The lowest BCUT2D eigenvalue weighted by atomic mass is 10.2. The van der Waals surface area contributed by atoms with Gasteiger partial charge >= 0.3 is 0 Å².